The number of aromatic nitrogens is 2. The molecule has 0 aliphatic heterocycles. The Balaban J connectivity index is 2.64. The number of ether oxygens (including phenoxy) is 1. The van der Waals surface area contributed by atoms with Crippen LogP contribution in [0, 0.1) is 0 Å². The first-order valence-electron chi connectivity index (χ1n) is 5.78. The number of allylic oxidation sites excluding steroid dienone is 1. The third-order valence-corrected chi connectivity index (χ3v) is 2.81. The van der Waals surface area contributed by atoms with E-state index in [1.165, 1.54) is 0 Å². The molecule has 0 spiro atoms. The summed E-state index contributed by atoms with van der Waals surface area (Å²) in [4.78, 5) is 11.2. The zero-order valence-electron chi connectivity index (χ0n) is 10.7. The van der Waals surface area contributed by atoms with E-state index >= 15 is 0 Å². The lowest BCUT2D eigenvalue weighted by Gasteiger charge is -2.05. The van der Waals surface area contributed by atoms with Crippen molar-refractivity contribution in [2.75, 3.05) is 12.8 Å². The molecule has 0 unspecified atom stereocenters. The van der Waals surface area contributed by atoms with Crippen LogP contribution < -0.4 is 10.5 Å². The fourth-order valence-corrected chi connectivity index (χ4v) is 1.91. The van der Waals surface area contributed by atoms with E-state index in [1.54, 1.807) is 17.9 Å². The molecule has 0 amide bonds. The Morgan fingerprint density at radius 3 is 2.84 bits per heavy atom. The number of nitrogens with zero attached hydrogens (tertiary/aromatic N) is 2. The van der Waals surface area contributed by atoms with Crippen molar-refractivity contribution in [3.8, 4) is 17.0 Å². The zero-order chi connectivity index (χ0) is 13.8. The van der Waals surface area contributed by atoms with Crippen LogP contribution in [-0.4, -0.2) is 23.2 Å². The number of para-hydroxylation sites is 1. The molecule has 2 aromatic rings. The molecule has 5 nitrogen and oxygen atoms in total. The molecule has 1 heterocycles. The first kappa shape index (κ1) is 12.9. The highest BCUT2D eigenvalue weighted by Crippen LogP contribution is 2.32. The topological polar surface area (TPSA) is 70.1 Å². The van der Waals surface area contributed by atoms with E-state index in [-0.39, 0.29) is 0 Å². The van der Waals surface area contributed by atoms with Gasteiger partial charge in [-0.15, -0.1) is 6.58 Å². The normalized spacial score (nSPS) is 10.2. The number of nitrogens with two attached hydrogens (primary N) is 1. The highest BCUT2D eigenvalue weighted by molar-refractivity contribution is 5.92. The number of carbonyl (C=O) groups is 1. The molecule has 0 aliphatic rings. The van der Waals surface area contributed by atoms with Gasteiger partial charge in [0.1, 0.15) is 17.3 Å². The van der Waals surface area contributed by atoms with Crippen molar-refractivity contribution in [3.63, 3.8) is 0 Å². The number of carbonyl (C=O) groups excluding carboxylic acids is 1. The number of hydrogen-bond acceptors (Lipinski definition) is 4. The molecular weight excluding hydrogens is 242 g/mol. The van der Waals surface area contributed by atoms with E-state index in [9.17, 15) is 4.79 Å². The Morgan fingerprint density at radius 2 is 2.21 bits per heavy atom. The number of anilines is 1. The highest BCUT2D eigenvalue weighted by atomic mass is 16.5. The maximum absolute atomic E-state index is 11.2. The molecule has 0 fully saturated rings. The van der Waals surface area contributed by atoms with Crippen molar-refractivity contribution in [1.29, 1.82) is 0 Å². The summed E-state index contributed by atoms with van der Waals surface area (Å²) in [5.41, 5.74) is 7.53. The molecule has 2 N–H and O–H groups in total. The minimum atomic E-state index is 0.329. The SMILES string of the molecule is C=CCn1nc(-c2ccccc2OC)c(C=O)c1N. The number of aldehydes is 1. The second-order valence-corrected chi connectivity index (χ2v) is 3.94. The van der Waals surface area contributed by atoms with Gasteiger partial charge in [-0.05, 0) is 12.1 Å². The van der Waals surface area contributed by atoms with Crippen LogP contribution in [0.4, 0.5) is 5.82 Å². The largest absolute Gasteiger partial charge is 0.496 e. The minimum absolute atomic E-state index is 0.329. The van der Waals surface area contributed by atoms with Crippen molar-refractivity contribution in [2.24, 2.45) is 0 Å². The summed E-state index contributed by atoms with van der Waals surface area (Å²) in [6.07, 6.45) is 2.38. The van der Waals surface area contributed by atoms with Gasteiger partial charge in [-0.3, -0.25) is 4.79 Å². The lowest BCUT2D eigenvalue weighted by atomic mass is 10.1. The Bertz CT molecular complexity index is 617. The summed E-state index contributed by atoms with van der Waals surface area (Å²) in [7, 11) is 1.57. The molecule has 0 saturated carbocycles. The van der Waals surface area contributed by atoms with Crippen LogP contribution >= 0.6 is 0 Å². The van der Waals surface area contributed by atoms with Gasteiger partial charge in [-0.2, -0.15) is 5.10 Å². The first-order valence-corrected chi connectivity index (χ1v) is 5.78. The fourth-order valence-electron chi connectivity index (χ4n) is 1.91. The Morgan fingerprint density at radius 1 is 1.47 bits per heavy atom. The smallest absolute Gasteiger partial charge is 0.156 e. The fraction of sp³-hybridized carbons (Fsp3) is 0.143. The van der Waals surface area contributed by atoms with Crippen molar-refractivity contribution in [1.82, 2.24) is 9.78 Å². The number of rotatable bonds is 5. The maximum Gasteiger partial charge on any atom is 0.156 e. The maximum atomic E-state index is 11.2. The first-order chi connectivity index (χ1) is 9.22. The predicted octanol–water partition coefficient (Wildman–Crippen LogP) is 2.14. The number of benzene rings is 1. The Hall–Kier alpha value is -2.56. The van der Waals surface area contributed by atoms with Crippen LogP contribution in [0.2, 0.25) is 0 Å². The molecule has 0 aliphatic carbocycles. The second-order valence-electron chi connectivity index (χ2n) is 3.94. The molecule has 1 aromatic carbocycles. The number of hydrogen-bond donors (Lipinski definition) is 1. The van der Waals surface area contributed by atoms with Gasteiger partial charge in [0, 0.05) is 5.56 Å². The van der Waals surface area contributed by atoms with Crippen molar-refractivity contribution in [3.05, 3.63) is 42.5 Å². The summed E-state index contributed by atoms with van der Waals surface area (Å²) in [6, 6.07) is 7.36. The third-order valence-electron chi connectivity index (χ3n) is 2.81. The lowest BCUT2D eigenvalue weighted by Crippen LogP contribution is -2.03. The summed E-state index contributed by atoms with van der Waals surface area (Å²) >= 11 is 0. The van der Waals surface area contributed by atoms with Gasteiger partial charge in [0.2, 0.25) is 0 Å². The molecule has 5 heteroatoms. The summed E-state index contributed by atoms with van der Waals surface area (Å²) < 4.78 is 6.82. The van der Waals surface area contributed by atoms with Gasteiger partial charge in [-0.25, -0.2) is 4.68 Å². The van der Waals surface area contributed by atoms with Gasteiger partial charge in [-0.1, -0.05) is 18.2 Å². The van der Waals surface area contributed by atoms with Crippen LogP contribution in [0.15, 0.2) is 36.9 Å². The van der Waals surface area contributed by atoms with Crippen molar-refractivity contribution < 1.29 is 9.53 Å². The van der Waals surface area contributed by atoms with Gasteiger partial charge in [0.25, 0.3) is 0 Å². The summed E-state index contributed by atoms with van der Waals surface area (Å²) in [5, 5.41) is 4.36. The lowest BCUT2D eigenvalue weighted by molar-refractivity contribution is 0.112. The molecule has 0 saturated heterocycles. The summed E-state index contributed by atoms with van der Waals surface area (Å²) in [6.45, 7) is 4.09. The standard InChI is InChI=1S/C14H15N3O2/c1-3-8-17-14(15)11(9-18)13(16-17)10-6-4-5-7-12(10)19-2/h3-7,9H,1,8,15H2,2H3. The average molecular weight is 257 g/mol. The Labute approximate surface area is 111 Å². The van der Waals surface area contributed by atoms with E-state index in [0.717, 1.165) is 5.56 Å². The van der Waals surface area contributed by atoms with Crippen molar-refractivity contribution >= 4 is 12.1 Å². The monoisotopic (exact) mass is 257 g/mol. The predicted molar refractivity (Wildman–Crippen MR) is 74.2 cm³/mol. The molecular formula is C14H15N3O2. The van der Waals surface area contributed by atoms with Crippen molar-refractivity contribution in [2.45, 2.75) is 6.54 Å². The zero-order valence-corrected chi connectivity index (χ0v) is 10.7. The highest BCUT2D eigenvalue weighted by Gasteiger charge is 2.18. The molecule has 0 bridgehead atoms. The quantitative estimate of drug-likeness (QED) is 0.658. The van der Waals surface area contributed by atoms with Gasteiger partial charge >= 0.3 is 0 Å². The van der Waals surface area contributed by atoms with Gasteiger partial charge < -0.3 is 10.5 Å². The van der Waals surface area contributed by atoms with Crippen LogP contribution in [0.5, 0.6) is 5.75 Å². The molecule has 1 aromatic heterocycles. The molecule has 19 heavy (non-hydrogen) atoms. The Kier molecular flexibility index (Phi) is 3.66. The van der Waals surface area contributed by atoms with E-state index < -0.39 is 0 Å². The molecule has 2 rings (SSSR count). The van der Waals surface area contributed by atoms with Crippen LogP contribution in [0.25, 0.3) is 11.3 Å². The van der Waals surface area contributed by atoms with Gasteiger partial charge in [0.15, 0.2) is 6.29 Å². The van der Waals surface area contributed by atoms with Crippen LogP contribution in [0.3, 0.4) is 0 Å². The van der Waals surface area contributed by atoms with E-state index in [1.807, 2.05) is 24.3 Å². The van der Waals surface area contributed by atoms with E-state index in [4.69, 9.17) is 10.5 Å². The second kappa shape index (κ2) is 5.39. The summed E-state index contributed by atoms with van der Waals surface area (Å²) in [5.74, 6) is 0.977. The van der Waals surface area contributed by atoms with Crippen LogP contribution in [-0.2, 0) is 6.54 Å². The molecule has 0 atom stereocenters. The number of methoxy groups -OCH3 is 1. The average Bonchev–Trinajstić information content (AvgIpc) is 2.75. The van der Waals surface area contributed by atoms with E-state index in [2.05, 4.69) is 11.7 Å². The molecule has 0 radical (unpaired) electrons. The van der Waals surface area contributed by atoms with Gasteiger partial charge in [0.05, 0.1) is 19.2 Å². The minimum Gasteiger partial charge on any atom is -0.496 e. The van der Waals surface area contributed by atoms with E-state index in [0.29, 0.717) is 35.7 Å². The third kappa shape index (κ3) is 2.22. The molecule has 98 valence electrons. The van der Waals surface area contributed by atoms with Crippen LogP contribution in [0.1, 0.15) is 10.4 Å². The number of nitrogen functional groups attached to an aromatic ring is 1.